The lowest BCUT2D eigenvalue weighted by molar-refractivity contribution is -0.134. The van der Waals surface area contributed by atoms with Crippen molar-refractivity contribution in [1.82, 2.24) is 10.2 Å². The predicted molar refractivity (Wildman–Crippen MR) is 106 cm³/mol. The minimum Gasteiger partial charge on any atom is -0.341 e. The van der Waals surface area contributed by atoms with E-state index in [1.165, 1.54) is 5.56 Å². The Labute approximate surface area is 160 Å². The number of carbonyl (C=O) groups is 2. The second-order valence-corrected chi connectivity index (χ2v) is 7.41. The molecule has 0 aromatic heterocycles. The average molecular weight is 363 g/mol. The van der Waals surface area contributed by atoms with E-state index in [4.69, 9.17) is 0 Å². The van der Waals surface area contributed by atoms with Gasteiger partial charge in [0.15, 0.2) is 0 Å². The van der Waals surface area contributed by atoms with E-state index in [2.05, 4.69) is 29.6 Å². The molecular formula is C22H25N3O2. The van der Waals surface area contributed by atoms with Crippen molar-refractivity contribution in [3.8, 4) is 0 Å². The monoisotopic (exact) mass is 363 g/mol. The van der Waals surface area contributed by atoms with E-state index in [-0.39, 0.29) is 11.9 Å². The van der Waals surface area contributed by atoms with Crippen LogP contribution in [-0.4, -0.2) is 42.5 Å². The maximum absolute atomic E-state index is 12.9. The molecule has 27 heavy (non-hydrogen) atoms. The number of rotatable bonds is 4. The number of benzene rings is 2. The van der Waals surface area contributed by atoms with Gasteiger partial charge in [0, 0.05) is 18.8 Å². The van der Waals surface area contributed by atoms with Gasteiger partial charge in [-0.1, -0.05) is 48.5 Å². The molecule has 2 fully saturated rings. The molecule has 0 aliphatic carbocycles. The van der Waals surface area contributed by atoms with Gasteiger partial charge >= 0.3 is 6.03 Å². The van der Waals surface area contributed by atoms with Crippen LogP contribution in [-0.2, 0) is 11.2 Å². The van der Waals surface area contributed by atoms with Gasteiger partial charge in [-0.3, -0.25) is 9.69 Å². The second-order valence-electron chi connectivity index (χ2n) is 7.41. The van der Waals surface area contributed by atoms with Crippen LogP contribution in [0.2, 0.25) is 0 Å². The lowest BCUT2D eigenvalue weighted by Crippen LogP contribution is -2.48. The predicted octanol–water partition coefficient (Wildman–Crippen LogP) is 3.07. The molecular weight excluding hydrogens is 338 g/mol. The highest BCUT2D eigenvalue weighted by Crippen LogP contribution is 2.24. The van der Waals surface area contributed by atoms with Gasteiger partial charge in [-0.05, 0) is 42.9 Å². The summed E-state index contributed by atoms with van der Waals surface area (Å²) in [5.41, 5.74) is 2.19. The summed E-state index contributed by atoms with van der Waals surface area (Å²) in [4.78, 5) is 28.7. The van der Waals surface area contributed by atoms with Gasteiger partial charge in [-0.25, -0.2) is 4.79 Å². The minimum absolute atomic E-state index is 0.0416. The van der Waals surface area contributed by atoms with Crippen molar-refractivity contribution in [3.63, 3.8) is 0 Å². The molecule has 0 bridgehead atoms. The van der Waals surface area contributed by atoms with Crippen LogP contribution in [0.4, 0.5) is 10.5 Å². The summed E-state index contributed by atoms with van der Waals surface area (Å²) in [5, 5.41) is 2.85. The molecule has 4 rings (SSSR count). The van der Waals surface area contributed by atoms with Crippen LogP contribution < -0.4 is 10.2 Å². The van der Waals surface area contributed by atoms with E-state index in [1.807, 2.05) is 41.3 Å². The molecule has 1 unspecified atom stereocenters. The van der Waals surface area contributed by atoms with Gasteiger partial charge in [0.05, 0.1) is 6.54 Å². The summed E-state index contributed by atoms with van der Waals surface area (Å²) in [6.45, 7) is 1.94. The molecule has 1 N–H and O–H groups in total. The highest BCUT2D eigenvalue weighted by Gasteiger charge is 2.37. The largest absolute Gasteiger partial charge is 0.341 e. The molecule has 2 aromatic carbocycles. The molecule has 2 saturated heterocycles. The molecule has 2 heterocycles. The van der Waals surface area contributed by atoms with Crippen molar-refractivity contribution in [2.75, 3.05) is 24.5 Å². The van der Waals surface area contributed by atoms with Gasteiger partial charge < -0.3 is 10.2 Å². The van der Waals surface area contributed by atoms with Crippen LogP contribution in [0.1, 0.15) is 18.4 Å². The van der Waals surface area contributed by atoms with E-state index in [9.17, 15) is 9.59 Å². The van der Waals surface area contributed by atoms with Gasteiger partial charge in [0.2, 0.25) is 5.91 Å². The smallest absolute Gasteiger partial charge is 0.322 e. The molecule has 2 aliphatic heterocycles. The number of amides is 3. The van der Waals surface area contributed by atoms with Gasteiger partial charge in [0.25, 0.3) is 0 Å². The first-order valence-corrected chi connectivity index (χ1v) is 9.66. The lowest BCUT2D eigenvalue weighted by atomic mass is 9.90. The molecule has 0 radical (unpaired) electrons. The third-order valence-electron chi connectivity index (χ3n) is 5.57. The van der Waals surface area contributed by atoms with Crippen LogP contribution in [0.5, 0.6) is 0 Å². The summed E-state index contributed by atoms with van der Waals surface area (Å²) in [6.07, 6.45) is 3.11. The molecule has 5 heteroatoms. The Hall–Kier alpha value is -2.82. The Morgan fingerprint density at radius 1 is 0.963 bits per heavy atom. The first-order chi connectivity index (χ1) is 13.2. The number of hydrogen-bond acceptors (Lipinski definition) is 2. The Kier molecular flexibility index (Phi) is 5.10. The summed E-state index contributed by atoms with van der Waals surface area (Å²) >= 11 is 0. The van der Waals surface area contributed by atoms with Crippen LogP contribution in [0.25, 0.3) is 0 Å². The average Bonchev–Trinajstić information content (AvgIpc) is 3.11. The number of urea groups is 1. The SMILES string of the molecule is O=C(C1CN(c2ccccc2)C(=O)N1)N1CCC(Cc2ccccc2)CC1. The van der Waals surface area contributed by atoms with Crippen molar-refractivity contribution in [2.45, 2.75) is 25.3 Å². The molecule has 3 amide bonds. The van der Waals surface area contributed by atoms with Gasteiger partial charge in [-0.2, -0.15) is 0 Å². The number of nitrogens with one attached hydrogen (secondary N) is 1. The highest BCUT2D eigenvalue weighted by molar-refractivity contribution is 6.00. The van der Waals surface area contributed by atoms with Crippen molar-refractivity contribution in [2.24, 2.45) is 5.92 Å². The fourth-order valence-corrected chi connectivity index (χ4v) is 4.03. The topological polar surface area (TPSA) is 52.7 Å². The maximum Gasteiger partial charge on any atom is 0.322 e. The molecule has 140 valence electrons. The van der Waals surface area contributed by atoms with E-state index >= 15 is 0 Å². The van der Waals surface area contributed by atoms with E-state index in [1.54, 1.807) is 4.90 Å². The normalized spacial score (nSPS) is 20.6. The summed E-state index contributed by atoms with van der Waals surface area (Å²) in [6, 6.07) is 19.4. The van der Waals surface area contributed by atoms with Gasteiger partial charge in [0.1, 0.15) is 6.04 Å². The standard InChI is InChI=1S/C22H25N3O2/c26-21(20-16-25(22(27)23-20)19-9-5-2-6-10-19)24-13-11-18(12-14-24)15-17-7-3-1-4-8-17/h1-10,18,20H,11-16H2,(H,23,27). The second kappa shape index (κ2) is 7.82. The maximum atomic E-state index is 12.9. The van der Waals surface area contributed by atoms with Crippen LogP contribution in [0, 0.1) is 5.92 Å². The molecule has 2 aromatic rings. The van der Waals surface area contributed by atoms with Gasteiger partial charge in [-0.15, -0.1) is 0 Å². The van der Waals surface area contributed by atoms with Crippen molar-refractivity contribution < 1.29 is 9.59 Å². The lowest BCUT2D eigenvalue weighted by Gasteiger charge is -2.33. The molecule has 0 saturated carbocycles. The third kappa shape index (κ3) is 3.97. The number of nitrogens with zero attached hydrogens (tertiary/aromatic N) is 2. The fraction of sp³-hybridized carbons (Fsp3) is 0.364. The Balaban J connectivity index is 1.31. The summed E-state index contributed by atoms with van der Waals surface area (Å²) in [7, 11) is 0. The highest BCUT2D eigenvalue weighted by atomic mass is 16.2. The van der Waals surface area contributed by atoms with E-state index in [0.717, 1.165) is 38.0 Å². The van der Waals surface area contributed by atoms with E-state index in [0.29, 0.717) is 12.5 Å². The molecule has 2 aliphatic rings. The van der Waals surface area contributed by atoms with E-state index < -0.39 is 6.04 Å². The number of likely N-dealkylation sites (tertiary alicyclic amines) is 1. The number of anilines is 1. The number of hydrogen-bond donors (Lipinski definition) is 1. The number of para-hydroxylation sites is 1. The van der Waals surface area contributed by atoms with Crippen LogP contribution >= 0.6 is 0 Å². The first kappa shape index (κ1) is 17.6. The van der Waals surface area contributed by atoms with Crippen LogP contribution in [0.3, 0.4) is 0 Å². The zero-order valence-corrected chi connectivity index (χ0v) is 15.4. The molecule has 5 nitrogen and oxygen atoms in total. The molecule has 1 atom stereocenters. The Morgan fingerprint density at radius 3 is 2.26 bits per heavy atom. The quantitative estimate of drug-likeness (QED) is 0.908. The zero-order chi connectivity index (χ0) is 18.6. The Morgan fingerprint density at radius 2 is 1.59 bits per heavy atom. The summed E-state index contributed by atoms with van der Waals surface area (Å²) in [5.74, 6) is 0.662. The van der Waals surface area contributed by atoms with Crippen molar-refractivity contribution in [1.29, 1.82) is 0 Å². The zero-order valence-electron chi connectivity index (χ0n) is 15.4. The number of carbonyl (C=O) groups excluding carboxylic acids is 2. The fourth-order valence-electron chi connectivity index (χ4n) is 4.03. The summed E-state index contributed by atoms with van der Waals surface area (Å²) < 4.78 is 0. The Bertz CT molecular complexity index is 786. The molecule has 0 spiro atoms. The van der Waals surface area contributed by atoms with Crippen molar-refractivity contribution >= 4 is 17.6 Å². The number of piperidine rings is 1. The first-order valence-electron chi connectivity index (χ1n) is 9.66. The van der Waals surface area contributed by atoms with Crippen LogP contribution in [0.15, 0.2) is 60.7 Å². The minimum atomic E-state index is -0.455. The third-order valence-corrected chi connectivity index (χ3v) is 5.57. The van der Waals surface area contributed by atoms with Crippen molar-refractivity contribution in [3.05, 3.63) is 66.2 Å².